The van der Waals surface area contributed by atoms with Gasteiger partial charge in [-0.05, 0) is 42.3 Å². The van der Waals surface area contributed by atoms with Crippen LogP contribution in [0.1, 0.15) is 18.2 Å². The molecule has 0 saturated carbocycles. The molecule has 0 unspecified atom stereocenters. The van der Waals surface area contributed by atoms with Gasteiger partial charge in [-0.25, -0.2) is 8.78 Å². The SMILES string of the molecule is C=C/C(F)=C\C=C/Cc1nc2cc(F)ccc2cc1CC. The van der Waals surface area contributed by atoms with Crippen LogP contribution in [0.5, 0.6) is 0 Å². The Morgan fingerprint density at radius 3 is 2.86 bits per heavy atom. The van der Waals surface area contributed by atoms with Gasteiger partial charge in [0.1, 0.15) is 11.6 Å². The van der Waals surface area contributed by atoms with Gasteiger partial charge < -0.3 is 0 Å². The Labute approximate surface area is 123 Å². The summed E-state index contributed by atoms with van der Waals surface area (Å²) in [5.41, 5.74) is 2.65. The molecule has 21 heavy (non-hydrogen) atoms. The molecule has 1 nitrogen and oxygen atoms in total. The molecule has 0 aliphatic heterocycles. The zero-order valence-electron chi connectivity index (χ0n) is 11.9. The third kappa shape index (κ3) is 3.85. The number of fused-ring (bicyclic) bond motifs is 1. The molecule has 0 atom stereocenters. The first kappa shape index (κ1) is 15.1. The van der Waals surface area contributed by atoms with E-state index in [0.717, 1.165) is 29.1 Å². The molecule has 108 valence electrons. The lowest BCUT2D eigenvalue weighted by atomic mass is 10.0. The smallest absolute Gasteiger partial charge is 0.125 e. The van der Waals surface area contributed by atoms with Gasteiger partial charge in [-0.2, -0.15) is 0 Å². The Balaban J connectivity index is 2.31. The van der Waals surface area contributed by atoms with E-state index in [9.17, 15) is 8.78 Å². The molecule has 0 N–H and O–H groups in total. The van der Waals surface area contributed by atoms with E-state index in [0.29, 0.717) is 11.9 Å². The number of rotatable bonds is 5. The third-order valence-electron chi connectivity index (χ3n) is 3.23. The highest BCUT2D eigenvalue weighted by Crippen LogP contribution is 2.19. The van der Waals surface area contributed by atoms with Crippen LogP contribution in [0.3, 0.4) is 0 Å². The zero-order chi connectivity index (χ0) is 15.2. The maximum absolute atomic E-state index is 13.3. The van der Waals surface area contributed by atoms with E-state index in [2.05, 4.69) is 18.5 Å². The largest absolute Gasteiger partial charge is 0.252 e. The monoisotopic (exact) mass is 285 g/mol. The van der Waals surface area contributed by atoms with Crippen molar-refractivity contribution in [1.29, 1.82) is 0 Å². The lowest BCUT2D eigenvalue weighted by Gasteiger charge is -2.07. The van der Waals surface area contributed by atoms with Crippen LogP contribution in [0, 0.1) is 5.82 Å². The maximum atomic E-state index is 13.3. The molecule has 0 fully saturated rings. The molecule has 0 saturated heterocycles. The number of aromatic nitrogens is 1. The van der Waals surface area contributed by atoms with Crippen LogP contribution in [0.2, 0.25) is 0 Å². The third-order valence-corrected chi connectivity index (χ3v) is 3.23. The van der Waals surface area contributed by atoms with Crippen molar-refractivity contribution in [2.75, 3.05) is 0 Å². The predicted octanol–water partition coefficient (Wildman–Crippen LogP) is 5.07. The van der Waals surface area contributed by atoms with Gasteiger partial charge in [-0.15, -0.1) is 0 Å². The number of allylic oxidation sites excluding steroid dienone is 5. The highest BCUT2D eigenvalue weighted by atomic mass is 19.1. The van der Waals surface area contributed by atoms with Gasteiger partial charge in [-0.1, -0.05) is 25.7 Å². The van der Waals surface area contributed by atoms with Crippen molar-refractivity contribution < 1.29 is 8.78 Å². The van der Waals surface area contributed by atoms with E-state index in [4.69, 9.17) is 0 Å². The fourth-order valence-corrected chi connectivity index (χ4v) is 2.11. The number of halogens is 2. The second-order valence-electron chi connectivity index (χ2n) is 4.67. The first-order chi connectivity index (χ1) is 10.1. The van der Waals surface area contributed by atoms with Gasteiger partial charge in [0.25, 0.3) is 0 Å². The molecule has 1 heterocycles. The van der Waals surface area contributed by atoms with Gasteiger partial charge in [0, 0.05) is 23.6 Å². The van der Waals surface area contributed by atoms with Crippen molar-refractivity contribution in [2.45, 2.75) is 19.8 Å². The fourth-order valence-electron chi connectivity index (χ4n) is 2.11. The Morgan fingerprint density at radius 1 is 1.33 bits per heavy atom. The van der Waals surface area contributed by atoms with Crippen LogP contribution in [0.25, 0.3) is 10.9 Å². The summed E-state index contributed by atoms with van der Waals surface area (Å²) >= 11 is 0. The van der Waals surface area contributed by atoms with Gasteiger partial charge in [-0.3, -0.25) is 4.98 Å². The number of hydrogen-bond donors (Lipinski definition) is 0. The van der Waals surface area contributed by atoms with Crippen LogP contribution in [-0.2, 0) is 12.8 Å². The van der Waals surface area contributed by atoms with Crippen LogP contribution in [0.15, 0.2) is 61.0 Å². The Morgan fingerprint density at radius 2 is 2.14 bits per heavy atom. The molecule has 0 spiro atoms. The molecule has 0 aliphatic rings. The average Bonchev–Trinajstić information content (AvgIpc) is 2.50. The second-order valence-corrected chi connectivity index (χ2v) is 4.67. The zero-order valence-corrected chi connectivity index (χ0v) is 11.9. The maximum Gasteiger partial charge on any atom is 0.125 e. The molecule has 1 aromatic heterocycles. The minimum Gasteiger partial charge on any atom is -0.252 e. The second kappa shape index (κ2) is 6.93. The van der Waals surface area contributed by atoms with Crippen molar-refractivity contribution in [1.82, 2.24) is 4.98 Å². The van der Waals surface area contributed by atoms with E-state index < -0.39 is 0 Å². The molecule has 1 aromatic carbocycles. The Bertz CT molecular complexity index is 714. The van der Waals surface area contributed by atoms with Crippen molar-refractivity contribution in [2.24, 2.45) is 0 Å². The molecule has 2 aromatic rings. The molecule has 2 rings (SSSR count). The summed E-state index contributed by atoms with van der Waals surface area (Å²) < 4.78 is 26.2. The Hall–Kier alpha value is -2.29. The van der Waals surface area contributed by atoms with Crippen molar-refractivity contribution >= 4 is 10.9 Å². The molecule has 3 heteroatoms. The Kier molecular flexibility index (Phi) is 4.99. The van der Waals surface area contributed by atoms with Crippen molar-refractivity contribution in [3.8, 4) is 0 Å². The quantitative estimate of drug-likeness (QED) is 0.698. The summed E-state index contributed by atoms with van der Waals surface area (Å²) in [6, 6.07) is 6.63. The average molecular weight is 285 g/mol. The molecule has 0 aliphatic carbocycles. The number of nitrogens with zero attached hydrogens (tertiary/aromatic N) is 1. The normalized spacial score (nSPS) is 12.2. The van der Waals surface area contributed by atoms with Crippen LogP contribution in [0.4, 0.5) is 8.78 Å². The van der Waals surface area contributed by atoms with Crippen LogP contribution < -0.4 is 0 Å². The summed E-state index contributed by atoms with van der Waals surface area (Å²) in [5, 5.41) is 0.929. The lowest BCUT2D eigenvalue weighted by molar-refractivity contribution is 0.629. The summed E-state index contributed by atoms with van der Waals surface area (Å²) in [4.78, 5) is 4.52. The standard InChI is InChI=1S/C18H17F2N/c1-3-13-11-14-9-10-16(20)12-18(14)21-17(13)8-6-5-7-15(19)4-2/h4-7,9-12H,2-3,8H2,1H3/b6-5-,15-7+. The first-order valence-electron chi connectivity index (χ1n) is 6.87. The predicted molar refractivity (Wildman–Crippen MR) is 83.3 cm³/mol. The number of hydrogen-bond acceptors (Lipinski definition) is 1. The van der Waals surface area contributed by atoms with Crippen molar-refractivity contribution in [3.63, 3.8) is 0 Å². The summed E-state index contributed by atoms with van der Waals surface area (Å²) in [6.45, 7) is 5.39. The lowest BCUT2D eigenvalue weighted by Crippen LogP contribution is -1.97. The number of aryl methyl sites for hydroxylation is 1. The number of benzene rings is 1. The summed E-state index contributed by atoms with van der Waals surface area (Å²) in [7, 11) is 0. The molecule has 0 radical (unpaired) electrons. The molecule has 0 amide bonds. The van der Waals surface area contributed by atoms with E-state index in [1.54, 1.807) is 12.1 Å². The molecular formula is C18H17F2N. The highest BCUT2D eigenvalue weighted by Gasteiger charge is 2.05. The van der Waals surface area contributed by atoms with E-state index in [-0.39, 0.29) is 11.6 Å². The van der Waals surface area contributed by atoms with Gasteiger partial charge in [0.05, 0.1) is 5.52 Å². The summed E-state index contributed by atoms with van der Waals surface area (Å²) in [5.74, 6) is -0.674. The molecular weight excluding hydrogens is 268 g/mol. The van der Waals surface area contributed by atoms with E-state index in [1.165, 1.54) is 18.2 Å². The van der Waals surface area contributed by atoms with Crippen LogP contribution in [-0.4, -0.2) is 4.98 Å². The summed E-state index contributed by atoms with van der Waals surface area (Å²) in [6.07, 6.45) is 7.39. The highest BCUT2D eigenvalue weighted by molar-refractivity contribution is 5.79. The van der Waals surface area contributed by atoms with Crippen molar-refractivity contribution in [3.05, 3.63) is 78.0 Å². The fraction of sp³-hybridized carbons (Fsp3) is 0.167. The topological polar surface area (TPSA) is 12.9 Å². The minimum absolute atomic E-state index is 0.295. The minimum atomic E-state index is -0.379. The van der Waals surface area contributed by atoms with Gasteiger partial charge >= 0.3 is 0 Å². The molecule has 0 bridgehead atoms. The van der Waals surface area contributed by atoms with E-state index >= 15 is 0 Å². The van der Waals surface area contributed by atoms with Crippen LogP contribution >= 0.6 is 0 Å². The van der Waals surface area contributed by atoms with Gasteiger partial charge in [0.2, 0.25) is 0 Å². The van der Waals surface area contributed by atoms with E-state index in [1.807, 2.05) is 12.1 Å². The first-order valence-corrected chi connectivity index (χ1v) is 6.87. The van der Waals surface area contributed by atoms with Gasteiger partial charge in [0.15, 0.2) is 0 Å². The number of pyridine rings is 1.